The average Bonchev–Trinajstić information content (AvgIpc) is 3.05. The van der Waals surface area contributed by atoms with Gasteiger partial charge in [0.05, 0.1) is 17.5 Å². The Bertz CT molecular complexity index is 1050. The Morgan fingerprint density at radius 1 is 1.00 bits per heavy atom. The molecule has 2 atom stereocenters. The molecule has 2 fully saturated rings. The quantitative estimate of drug-likeness (QED) is 0.488. The van der Waals surface area contributed by atoms with Crippen molar-refractivity contribution in [1.29, 1.82) is 0 Å². The van der Waals surface area contributed by atoms with E-state index in [0.29, 0.717) is 35.1 Å². The zero-order chi connectivity index (χ0) is 23.4. The SMILES string of the molecule is O=C(COC(=O)CN1C(=O)[C@H]2CCCC[C@H]2C1=O)Nc1cc(Cl)ccc1Oc1ccccc1. The molecule has 0 bridgehead atoms. The summed E-state index contributed by atoms with van der Waals surface area (Å²) in [5, 5.41) is 2.99. The van der Waals surface area contributed by atoms with Crippen LogP contribution in [-0.2, 0) is 23.9 Å². The molecule has 2 aliphatic rings. The number of ether oxygens (including phenoxy) is 2. The number of likely N-dealkylation sites (tertiary alicyclic amines) is 1. The second-order valence-electron chi connectivity index (χ2n) is 8.02. The van der Waals surface area contributed by atoms with E-state index in [2.05, 4.69) is 5.32 Å². The maximum atomic E-state index is 12.5. The number of anilines is 1. The lowest BCUT2D eigenvalue weighted by Gasteiger charge is -2.19. The van der Waals surface area contributed by atoms with Crippen LogP contribution in [0.3, 0.4) is 0 Å². The Hall–Kier alpha value is -3.39. The summed E-state index contributed by atoms with van der Waals surface area (Å²) in [7, 11) is 0. The van der Waals surface area contributed by atoms with E-state index in [-0.39, 0.29) is 23.7 Å². The largest absolute Gasteiger partial charge is 0.455 e. The summed E-state index contributed by atoms with van der Waals surface area (Å²) in [6.45, 7) is -1.07. The highest BCUT2D eigenvalue weighted by Crippen LogP contribution is 2.38. The van der Waals surface area contributed by atoms with Gasteiger partial charge in [0.1, 0.15) is 12.3 Å². The fourth-order valence-electron chi connectivity index (χ4n) is 4.20. The smallest absolute Gasteiger partial charge is 0.326 e. The standard InChI is InChI=1S/C24H23ClN2O6/c25-15-10-11-20(33-16-6-2-1-3-7-16)19(12-15)26-21(28)14-32-22(29)13-27-23(30)17-8-4-5-9-18(17)24(27)31/h1-3,6-7,10-12,17-18H,4-5,8-9,13-14H2,(H,26,28)/t17-,18+. The molecule has 9 heteroatoms. The molecule has 1 aliphatic carbocycles. The Morgan fingerprint density at radius 3 is 2.33 bits per heavy atom. The topological polar surface area (TPSA) is 102 Å². The number of halogens is 1. The van der Waals surface area contributed by atoms with Gasteiger partial charge in [0.15, 0.2) is 12.4 Å². The number of carbonyl (C=O) groups excluding carboxylic acids is 4. The zero-order valence-corrected chi connectivity index (χ0v) is 18.5. The molecule has 0 spiro atoms. The van der Waals surface area contributed by atoms with Gasteiger partial charge in [0, 0.05) is 5.02 Å². The number of benzene rings is 2. The molecule has 8 nitrogen and oxygen atoms in total. The van der Waals surface area contributed by atoms with Crippen molar-refractivity contribution in [1.82, 2.24) is 4.90 Å². The fraction of sp³-hybridized carbons (Fsp3) is 0.333. The van der Waals surface area contributed by atoms with Crippen LogP contribution in [0.25, 0.3) is 0 Å². The maximum Gasteiger partial charge on any atom is 0.326 e. The summed E-state index contributed by atoms with van der Waals surface area (Å²) in [6.07, 6.45) is 3.13. The van der Waals surface area contributed by atoms with Gasteiger partial charge in [-0.2, -0.15) is 0 Å². The number of esters is 1. The van der Waals surface area contributed by atoms with Gasteiger partial charge >= 0.3 is 5.97 Å². The number of hydrogen-bond acceptors (Lipinski definition) is 6. The average molecular weight is 471 g/mol. The lowest BCUT2D eigenvalue weighted by molar-refractivity contribution is -0.154. The van der Waals surface area contributed by atoms with Crippen molar-refractivity contribution < 1.29 is 28.7 Å². The highest BCUT2D eigenvalue weighted by Gasteiger charge is 2.48. The predicted octanol–water partition coefficient (Wildman–Crippen LogP) is 3.79. The van der Waals surface area contributed by atoms with Gasteiger partial charge in [-0.25, -0.2) is 0 Å². The molecule has 1 saturated heterocycles. The molecule has 172 valence electrons. The van der Waals surface area contributed by atoms with Crippen molar-refractivity contribution in [3.8, 4) is 11.5 Å². The molecule has 4 rings (SSSR count). The number of carbonyl (C=O) groups is 4. The predicted molar refractivity (Wildman–Crippen MR) is 120 cm³/mol. The molecule has 3 amide bonds. The third-order valence-corrected chi connectivity index (χ3v) is 6.01. The minimum absolute atomic E-state index is 0.307. The second kappa shape index (κ2) is 10.0. The van der Waals surface area contributed by atoms with Gasteiger partial charge in [-0.3, -0.25) is 24.1 Å². The Labute approximate surface area is 195 Å². The number of amides is 3. The normalized spacial score (nSPS) is 19.7. The van der Waals surface area contributed by atoms with Crippen molar-refractivity contribution in [2.75, 3.05) is 18.5 Å². The van der Waals surface area contributed by atoms with Crippen molar-refractivity contribution in [2.24, 2.45) is 11.8 Å². The number of fused-ring (bicyclic) bond motifs is 1. The third kappa shape index (κ3) is 5.34. The summed E-state index contributed by atoms with van der Waals surface area (Å²) in [4.78, 5) is 50.5. The van der Waals surface area contributed by atoms with Crippen molar-refractivity contribution >= 4 is 41.0 Å². The monoisotopic (exact) mass is 470 g/mol. The van der Waals surface area contributed by atoms with E-state index in [1.165, 1.54) is 6.07 Å². The van der Waals surface area contributed by atoms with Gasteiger partial charge < -0.3 is 14.8 Å². The molecular formula is C24H23ClN2O6. The number of para-hydroxylation sites is 1. The maximum absolute atomic E-state index is 12.5. The van der Waals surface area contributed by atoms with Crippen LogP contribution in [0.15, 0.2) is 48.5 Å². The molecule has 0 aromatic heterocycles. The Balaban J connectivity index is 1.32. The Morgan fingerprint density at radius 2 is 1.67 bits per heavy atom. The van der Waals surface area contributed by atoms with E-state index in [4.69, 9.17) is 21.1 Å². The lowest BCUT2D eigenvalue weighted by Crippen LogP contribution is -2.37. The number of imide groups is 1. The summed E-state index contributed by atoms with van der Waals surface area (Å²) in [5.41, 5.74) is 0.307. The first-order valence-corrected chi connectivity index (χ1v) is 11.1. The molecule has 33 heavy (non-hydrogen) atoms. The van der Waals surface area contributed by atoms with E-state index >= 15 is 0 Å². The number of nitrogens with one attached hydrogen (secondary N) is 1. The molecule has 2 aromatic carbocycles. The number of hydrogen-bond donors (Lipinski definition) is 1. The van der Waals surface area contributed by atoms with Gasteiger partial charge in [0.2, 0.25) is 11.8 Å². The van der Waals surface area contributed by atoms with Crippen molar-refractivity contribution in [3.63, 3.8) is 0 Å². The van der Waals surface area contributed by atoms with Crippen molar-refractivity contribution in [3.05, 3.63) is 53.6 Å². The van der Waals surface area contributed by atoms with Gasteiger partial charge in [-0.05, 0) is 43.2 Å². The van der Waals surface area contributed by atoms with Crippen LogP contribution >= 0.6 is 11.6 Å². The van der Waals surface area contributed by atoms with Crippen LogP contribution in [0, 0.1) is 11.8 Å². The van der Waals surface area contributed by atoms with Crippen LogP contribution in [0.1, 0.15) is 25.7 Å². The highest BCUT2D eigenvalue weighted by molar-refractivity contribution is 6.31. The van der Waals surface area contributed by atoms with Crippen molar-refractivity contribution in [2.45, 2.75) is 25.7 Å². The van der Waals surface area contributed by atoms with Crippen LogP contribution in [0.5, 0.6) is 11.5 Å². The minimum atomic E-state index is -0.822. The van der Waals surface area contributed by atoms with Gasteiger partial charge in [-0.15, -0.1) is 0 Å². The fourth-order valence-corrected chi connectivity index (χ4v) is 4.37. The second-order valence-corrected chi connectivity index (χ2v) is 8.46. The number of rotatable bonds is 7. The molecule has 0 radical (unpaired) electrons. The van der Waals surface area contributed by atoms with Crippen LogP contribution in [0.2, 0.25) is 5.02 Å². The summed E-state index contributed by atoms with van der Waals surface area (Å²) in [5.74, 6) is -1.83. The molecule has 1 saturated carbocycles. The molecule has 1 N–H and O–H groups in total. The molecular weight excluding hydrogens is 448 g/mol. The summed E-state index contributed by atoms with van der Waals surface area (Å²) < 4.78 is 10.8. The first-order chi connectivity index (χ1) is 15.9. The van der Waals surface area contributed by atoms with Crippen LogP contribution < -0.4 is 10.1 Å². The third-order valence-electron chi connectivity index (χ3n) is 5.77. The Kier molecular flexibility index (Phi) is 6.93. The molecule has 2 aromatic rings. The zero-order valence-electron chi connectivity index (χ0n) is 17.8. The van der Waals surface area contributed by atoms with E-state index in [9.17, 15) is 19.2 Å². The molecule has 1 aliphatic heterocycles. The molecule has 1 heterocycles. The van der Waals surface area contributed by atoms with E-state index in [0.717, 1.165) is 17.7 Å². The first kappa shape index (κ1) is 22.8. The van der Waals surface area contributed by atoms with E-state index in [1.807, 2.05) is 18.2 Å². The van der Waals surface area contributed by atoms with E-state index < -0.39 is 25.0 Å². The number of nitrogens with zero attached hydrogens (tertiary/aromatic N) is 1. The highest BCUT2D eigenvalue weighted by atomic mass is 35.5. The molecule has 0 unspecified atom stereocenters. The lowest BCUT2D eigenvalue weighted by atomic mass is 9.81. The summed E-state index contributed by atoms with van der Waals surface area (Å²) >= 11 is 6.04. The van der Waals surface area contributed by atoms with Gasteiger partial charge in [0.25, 0.3) is 5.91 Å². The first-order valence-electron chi connectivity index (χ1n) is 10.8. The van der Waals surface area contributed by atoms with Gasteiger partial charge in [-0.1, -0.05) is 42.6 Å². The summed E-state index contributed by atoms with van der Waals surface area (Å²) in [6, 6.07) is 13.8. The van der Waals surface area contributed by atoms with Crippen LogP contribution in [-0.4, -0.2) is 41.7 Å². The minimum Gasteiger partial charge on any atom is -0.455 e. The van der Waals surface area contributed by atoms with Crippen LogP contribution in [0.4, 0.5) is 5.69 Å². The van der Waals surface area contributed by atoms with E-state index in [1.54, 1.807) is 24.3 Å².